The molecule has 3 rings (SSSR count). The molecular formula is C15H19N3O2S. The molecule has 2 heterocycles. The summed E-state index contributed by atoms with van der Waals surface area (Å²) in [5, 5.41) is 8.93. The average molecular weight is 305 g/mol. The van der Waals surface area contributed by atoms with Crippen LogP contribution in [0.25, 0.3) is 0 Å². The Morgan fingerprint density at radius 3 is 2.86 bits per heavy atom. The highest BCUT2D eigenvalue weighted by atomic mass is 32.2. The Bertz CT molecular complexity index is 666. The molecule has 0 aromatic heterocycles. The van der Waals surface area contributed by atoms with E-state index in [4.69, 9.17) is 5.26 Å². The van der Waals surface area contributed by atoms with Gasteiger partial charge in [0.25, 0.3) is 0 Å². The summed E-state index contributed by atoms with van der Waals surface area (Å²) in [7, 11) is -3.49. The van der Waals surface area contributed by atoms with Crippen LogP contribution in [0.1, 0.15) is 24.8 Å². The predicted molar refractivity (Wildman–Crippen MR) is 79.1 cm³/mol. The number of hydrogen-bond donors (Lipinski definition) is 0. The summed E-state index contributed by atoms with van der Waals surface area (Å²) in [4.78, 5) is 2.63. The molecule has 0 spiro atoms. The normalized spacial score (nSPS) is 24.2. The molecule has 1 unspecified atom stereocenters. The van der Waals surface area contributed by atoms with Crippen molar-refractivity contribution in [2.24, 2.45) is 0 Å². The summed E-state index contributed by atoms with van der Waals surface area (Å²) >= 11 is 0. The highest BCUT2D eigenvalue weighted by Crippen LogP contribution is 2.25. The van der Waals surface area contributed by atoms with Crippen LogP contribution in [0.15, 0.2) is 29.2 Å². The Kier molecular flexibility index (Phi) is 3.98. The van der Waals surface area contributed by atoms with Crippen molar-refractivity contribution in [1.82, 2.24) is 9.21 Å². The second-order valence-electron chi connectivity index (χ2n) is 5.69. The number of rotatable bonds is 2. The van der Waals surface area contributed by atoms with Crippen molar-refractivity contribution >= 4 is 10.0 Å². The molecule has 1 atom stereocenters. The topological polar surface area (TPSA) is 64.4 Å². The molecule has 5 nitrogen and oxygen atoms in total. The van der Waals surface area contributed by atoms with Gasteiger partial charge in [0.1, 0.15) is 0 Å². The van der Waals surface area contributed by atoms with Crippen LogP contribution in [0.4, 0.5) is 0 Å². The van der Waals surface area contributed by atoms with E-state index in [0.29, 0.717) is 24.7 Å². The van der Waals surface area contributed by atoms with Crippen LogP contribution in [0.2, 0.25) is 0 Å². The van der Waals surface area contributed by atoms with E-state index in [1.54, 1.807) is 22.5 Å². The Labute approximate surface area is 125 Å². The van der Waals surface area contributed by atoms with E-state index in [0.717, 1.165) is 19.5 Å². The SMILES string of the molecule is N#Cc1cccc(S(=O)(=O)N2CCN3CCCCC3C2)c1. The number of benzene rings is 1. The van der Waals surface area contributed by atoms with E-state index in [2.05, 4.69) is 4.90 Å². The maximum atomic E-state index is 12.7. The minimum absolute atomic E-state index is 0.228. The first-order valence-corrected chi connectivity index (χ1v) is 8.79. The zero-order chi connectivity index (χ0) is 14.9. The average Bonchev–Trinajstić information content (AvgIpc) is 2.54. The smallest absolute Gasteiger partial charge is 0.243 e. The zero-order valence-electron chi connectivity index (χ0n) is 11.9. The fourth-order valence-electron chi connectivity index (χ4n) is 3.22. The van der Waals surface area contributed by atoms with Crippen molar-refractivity contribution in [1.29, 1.82) is 5.26 Å². The molecule has 0 aliphatic carbocycles. The van der Waals surface area contributed by atoms with Crippen molar-refractivity contribution in [3.63, 3.8) is 0 Å². The Hall–Kier alpha value is -1.42. The lowest BCUT2D eigenvalue weighted by molar-refractivity contribution is 0.0852. The molecule has 2 saturated heterocycles. The molecule has 1 aromatic rings. The van der Waals surface area contributed by atoms with Gasteiger partial charge in [-0.3, -0.25) is 4.90 Å². The molecule has 0 amide bonds. The number of fused-ring (bicyclic) bond motifs is 1. The number of sulfonamides is 1. The Morgan fingerprint density at radius 2 is 2.05 bits per heavy atom. The molecule has 0 radical (unpaired) electrons. The van der Waals surface area contributed by atoms with E-state index in [9.17, 15) is 8.42 Å². The van der Waals surface area contributed by atoms with Crippen molar-refractivity contribution < 1.29 is 8.42 Å². The van der Waals surface area contributed by atoms with Crippen LogP contribution in [0.5, 0.6) is 0 Å². The Morgan fingerprint density at radius 1 is 1.19 bits per heavy atom. The van der Waals surface area contributed by atoms with Crippen molar-refractivity contribution in [2.75, 3.05) is 26.2 Å². The van der Waals surface area contributed by atoms with Crippen molar-refractivity contribution in [2.45, 2.75) is 30.2 Å². The summed E-state index contributed by atoms with van der Waals surface area (Å²) < 4.78 is 27.0. The summed E-state index contributed by atoms with van der Waals surface area (Å²) in [6.07, 6.45) is 3.47. The third kappa shape index (κ3) is 2.82. The number of nitriles is 1. The number of piperidine rings is 1. The fraction of sp³-hybridized carbons (Fsp3) is 0.533. The zero-order valence-corrected chi connectivity index (χ0v) is 12.7. The predicted octanol–water partition coefficient (Wildman–Crippen LogP) is 1.42. The highest BCUT2D eigenvalue weighted by molar-refractivity contribution is 7.89. The quantitative estimate of drug-likeness (QED) is 0.829. The summed E-state index contributed by atoms with van der Waals surface area (Å²) in [6, 6.07) is 8.63. The largest absolute Gasteiger partial charge is 0.298 e. The molecule has 2 fully saturated rings. The van der Waals surface area contributed by atoms with Gasteiger partial charge >= 0.3 is 0 Å². The van der Waals surface area contributed by atoms with Gasteiger partial charge in [0.15, 0.2) is 0 Å². The molecule has 112 valence electrons. The number of nitrogens with zero attached hydrogens (tertiary/aromatic N) is 3. The summed E-state index contributed by atoms with van der Waals surface area (Å²) in [6.45, 7) is 3.00. The van der Waals surface area contributed by atoms with Gasteiger partial charge in [-0.15, -0.1) is 0 Å². The van der Waals surface area contributed by atoms with E-state index >= 15 is 0 Å². The van der Waals surface area contributed by atoms with Crippen LogP contribution < -0.4 is 0 Å². The summed E-state index contributed by atoms with van der Waals surface area (Å²) in [5.41, 5.74) is 0.382. The highest BCUT2D eigenvalue weighted by Gasteiger charge is 2.35. The molecule has 2 aliphatic heterocycles. The lowest BCUT2D eigenvalue weighted by atomic mass is 10.0. The maximum Gasteiger partial charge on any atom is 0.243 e. The number of piperazine rings is 1. The molecule has 21 heavy (non-hydrogen) atoms. The van der Waals surface area contributed by atoms with Gasteiger partial charge in [-0.25, -0.2) is 8.42 Å². The van der Waals surface area contributed by atoms with Gasteiger partial charge in [-0.1, -0.05) is 12.5 Å². The van der Waals surface area contributed by atoms with Gasteiger partial charge < -0.3 is 0 Å². The van der Waals surface area contributed by atoms with Gasteiger partial charge in [0, 0.05) is 25.7 Å². The molecule has 0 bridgehead atoms. The van der Waals surface area contributed by atoms with Gasteiger partial charge in [-0.2, -0.15) is 9.57 Å². The third-order valence-electron chi connectivity index (χ3n) is 4.40. The van der Waals surface area contributed by atoms with E-state index < -0.39 is 10.0 Å². The van der Waals surface area contributed by atoms with Crippen LogP contribution in [0.3, 0.4) is 0 Å². The fourth-order valence-corrected chi connectivity index (χ4v) is 4.74. The summed E-state index contributed by atoms with van der Waals surface area (Å²) in [5.74, 6) is 0. The number of hydrogen-bond acceptors (Lipinski definition) is 4. The van der Waals surface area contributed by atoms with E-state index in [-0.39, 0.29) is 4.90 Å². The lowest BCUT2D eigenvalue weighted by Crippen LogP contribution is -2.56. The van der Waals surface area contributed by atoms with Crippen molar-refractivity contribution in [3.05, 3.63) is 29.8 Å². The minimum Gasteiger partial charge on any atom is -0.298 e. The van der Waals surface area contributed by atoms with Gasteiger partial charge in [-0.05, 0) is 37.6 Å². The lowest BCUT2D eigenvalue weighted by Gasteiger charge is -2.43. The van der Waals surface area contributed by atoms with Gasteiger partial charge in [0.2, 0.25) is 10.0 Å². The maximum absolute atomic E-state index is 12.7. The molecule has 0 N–H and O–H groups in total. The molecule has 0 saturated carbocycles. The van der Waals surface area contributed by atoms with Crippen LogP contribution >= 0.6 is 0 Å². The van der Waals surface area contributed by atoms with E-state index in [1.807, 2.05) is 6.07 Å². The molecule has 1 aromatic carbocycles. The first kappa shape index (κ1) is 14.5. The van der Waals surface area contributed by atoms with Crippen LogP contribution in [0, 0.1) is 11.3 Å². The van der Waals surface area contributed by atoms with Crippen molar-refractivity contribution in [3.8, 4) is 6.07 Å². The minimum atomic E-state index is -3.49. The first-order chi connectivity index (χ1) is 10.1. The van der Waals surface area contributed by atoms with E-state index in [1.165, 1.54) is 18.9 Å². The monoisotopic (exact) mass is 305 g/mol. The van der Waals surface area contributed by atoms with Gasteiger partial charge in [0.05, 0.1) is 16.5 Å². The molecular weight excluding hydrogens is 286 g/mol. The second kappa shape index (κ2) is 5.76. The Balaban J connectivity index is 1.83. The second-order valence-corrected chi connectivity index (χ2v) is 7.63. The standard InChI is InChI=1S/C15H19N3O2S/c16-11-13-4-3-6-15(10-13)21(19,20)18-9-8-17-7-2-1-5-14(17)12-18/h3-4,6,10,14H,1-2,5,7-9,12H2. The third-order valence-corrected chi connectivity index (χ3v) is 6.26. The molecule has 2 aliphatic rings. The van der Waals surface area contributed by atoms with Crippen LogP contribution in [-0.2, 0) is 10.0 Å². The first-order valence-electron chi connectivity index (χ1n) is 7.35. The molecule has 6 heteroatoms. The van der Waals surface area contributed by atoms with Crippen LogP contribution in [-0.4, -0.2) is 49.8 Å².